The molecular weight excluding hydrogens is 428 g/mol. The molecule has 33 heavy (non-hydrogen) atoms. The van der Waals surface area contributed by atoms with Crippen LogP contribution in [0.15, 0.2) is 47.0 Å². The van der Waals surface area contributed by atoms with E-state index in [1.165, 1.54) is 32.0 Å². The molecule has 4 amide bonds. The number of amides is 4. The fourth-order valence-electron chi connectivity index (χ4n) is 3.70. The lowest BCUT2D eigenvalue weighted by molar-refractivity contribution is 0.0639. The van der Waals surface area contributed by atoms with Gasteiger partial charge < -0.3 is 10.2 Å². The van der Waals surface area contributed by atoms with Crippen molar-refractivity contribution < 1.29 is 28.4 Å². The number of nitrogens with two attached hydrogens (primary N) is 1. The van der Waals surface area contributed by atoms with Crippen LogP contribution in [0.3, 0.4) is 0 Å². The predicted octanol–water partition coefficient (Wildman–Crippen LogP) is 2.33. The zero-order valence-corrected chi connectivity index (χ0v) is 17.7. The number of imide groups is 1. The van der Waals surface area contributed by atoms with Gasteiger partial charge in [-0.25, -0.2) is 0 Å². The molecule has 0 radical (unpaired) electrons. The van der Waals surface area contributed by atoms with Crippen molar-refractivity contribution in [1.82, 2.24) is 9.88 Å². The molecule has 0 aliphatic carbocycles. The number of aromatic nitrogens is 1. The van der Waals surface area contributed by atoms with Crippen LogP contribution < -0.4 is 11.1 Å². The SMILES string of the molecule is CC(=O)c1c(C)oc(NC(=O)c2ccc3c(c2)C(=O)N(Cc2ccccn2)C3=O)c1C(N)=O. The molecule has 0 unspecified atom stereocenters. The van der Waals surface area contributed by atoms with Gasteiger partial charge in [0.25, 0.3) is 23.6 Å². The highest BCUT2D eigenvalue weighted by atomic mass is 16.4. The number of hydrogen-bond acceptors (Lipinski definition) is 7. The molecule has 3 aromatic rings. The van der Waals surface area contributed by atoms with Crippen LogP contribution >= 0.6 is 0 Å². The minimum atomic E-state index is -0.938. The fourth-order valence-corrected chi connectivity index (χ4v) is 3.70. The number of anilines is 1. The first-order valence-corrected chi connectivity index (χ1v) is 9.84. The number of fused-ring (bicyclic) bond motifs is 1. The van der Waals surface area contributed by atoms with E-state index in [1.54, 1.807) is 24.4 Å². The minimum Gasteiger partial charge on any atom is -0.444 e. The number of nitrogens with one attached hydrogen (secondary N) is 1. The average Bonchev–Trinajstić information content (AvgIpc) is 3.23. The second-order valence-electron chi connectivity index (χ2n) is 7.39. The number of pyridine rings is 1. The van der Waals surface area contributed by atoms with Gasteiger partial charge in [-0.05, 0) is 44.2 Å². The summed E-state index contributed by atoms with van der Waals surface area (Å²) in [5.41, 5.74) is 5.94. The van der Waals surface area contributed by atoms with E-state index in [9.17, 15) is 24.0 Å². The van der Waals surface area contributed by atoms with Crippen LogP contribution in [0.25, 0.3) is 0 Å². The second-order valence-corrected chi connectivity index (χ2v) is 7.39. The molecule has 1 aliphatic rings. The lowest BCUT2D eigenvalue weighted by Crippen LogP contribution is -2.29. The number of carbonyl (C=O) groups excluding carboxylic acids is 5. The van der Waals surface area contributed by atoms with Crippen molar-refractivity contribution in [3.8, 4) is 0 Å². The third-order valence-corrected chi connectivity index (χ3v) is 5.19. The smallest absolute Gasteiger partial charge is 0.261 e. The first-order chi connectivity index (χ1) is 15.7. The van der Waals surface area contributed by atoms with Gasteiger partial charge in [0.1, 0.15) is 11.3 Å². The van der Waals surface area contributed by atoms with Crippen molar-refractivity contribution in [2.75, 3.05) is 5.32 Å². The molecule has 2 aromatic heterocycles. The molecule has 10 heteroatoms. The fraction of sp³-hybridized carbons (Fsp3) is 0.130. The third-order valence-electron chi connectivity index (χ3n) is 5.19. The van der Waals surface area contributed by atoms with E-state index in [-0.39, 0.29) is 46.0 Å². The van der Waals surface area contributed by atoms with E-state index in [4.69, 9.17) is 10.2 Å². The van der Waals surface area contributed by atoms with E-state index in [0.717, 1.165) is 4.90 Å². The Morgan fingerprint density at radius 1 is 1.06 bits per heavy atom. The largest absolute Gasteiger partial charge is 0.444 e. The Bertz CT molecular complexity index is 1340. The van der Waals surface area contributed by atoms with Crippen LogP contribution in [0, 0.1) is 6.92 Å². The number of hydrogen-bond donors (Lipinski definition) is 2. The number of furan rings is 1. The van der Waals surface area contributed by atoms with Gasteiger partial charge in [0.05, 0.1) is 28.9 Å². The Morgan fingerprint density at radius 2 is 1.79 bits per heavy atom. The molecule has 0 atom stereocenters. The number of primary amides is 1. The molecule has 10 nitrogen and oxygen atoms in total. The van der Waals surface area contributed by atoms with Crippen LogP contribution in [0.2, 0.25) is 0 Å². The van der Waals surface area contributed by atoms with Gasteiger partial charge in [0, 0.05) is 11.8 Å². The normalized spacial score (nSPS) is 12.6. The highest BCUT2D eigenvalue weighted by Gasteiger charge is 2.36. The summed E-state index contributed by atoms with van der Waals surface area (Å²) in [6.07, 6.45) is 1.56. The topological polar surface area (TPSA) is 153 Å². The molecule has 0 spiro atoms. The summed E-state index contributed by atoms with van der Waals surface area (Å²) in [6.45, 7) is 2.71. The van der Waals surface area contributed by atoms with Crippen LogP contribution in [0.1, 0.15) is 70.2 Å². The number of benzene rings is 1. The second kappa shape index (κ2) is 8.15. The predicted molar refractivity (Wildman–Crippen MR) is 115 cm³/mol. The summed E-state index contributed by atoms with van der Waals surface area (Å²) < 4.78 is 5.38. The third kappa shape index (κ3) is 3.78. The molecule has 0 saturated heterocycles. The first-order valence-electron chi connectivity index (χ1n) is 9.84. The molecule has 1 aromatic carbocycles. The summed E-state index contributed by atoms with van der Waals surface area (Å²) in [6, 6.07) is 9.20. The van der Waals surface area contributed by atoms with Crippen molar-refractivity contribution in [3.05, 3.63) is 81.9 Å². The summed E-state index contributed by atoms with van der Waals surface area (Å²) >= 11 is 0. The maximum atomic E-state index is 12.8. The number of carbonyl (C=O) groups is 5. The van der Waals surface area contributed by atoms with E-state index in [1.807, 2.05) is 0 Å². The molecule has 3 heterocycles. The van der Waals surface area contributed by atoms with E-state index in [2.05, 4.69) is 10.3 Å². The molecule has 0 saturated carbocycles. The van der Waals surface area contributed by atoms with Gasteiger partial charge >= 0.3 is 0 Å². The zero-order chi connectivity index (χ0) is 23.9. The van der Waals surface area contributed by atoms with Crippen molar-refractivity contribution >= 4 is 35.3 Å². The van der Waals surface area contributed by atoms with Gasteiger partial charge in [-0.1, -0.05) is 6.07 Å². The van der Waals surface area contributed by atoms with Gasteiger partial charge in [-0.15, -0.1) is 0 Å². The quantitative estimate of drug-likeness (QED) is 0.435. The van der Waals surface area contributed by atoms with Crippen LogP contribution in [-0.4, -0.2) is 39.3 Å². The Morgan fingerprint density at radius 3 is 2.42 bits per heavy atom. The number of aryl methyl sites for hydroxylation is 1. The maximum Gasteiger partial charge on any atom is 0.261 e. The summed E-state index contributed by atoms with van der Waals surface area (Å²) in [5.74, 6) is -3.28. The van der Waals surface area contributed by atoms with Gasteiger partial charge in [-0.2, -0.15) is 0 Å². The Balaban J connectivity index is 1.61. The Kier molecular flexibility index (Phi) is 5.34. The van der Waals surface area contributed by atoms with E-state index in [0.29, 0.717) is 5.69 Å². The standard InChI is InChI=1S/C23H18N4O6/c1-11(28)17-12(2)33-21(18(17)19(24)29)26-20(30)13-6-7-15-16(9-13)23(32)27(22(15)31)10-14-5-3-4-8-25-14/h3-9H,10H2,1-2H3,(H2,24,29)(H,26,30). The van der Waals surface area contributed by atoms with Crippen molar-refractivity contribution in [2.45, 2.75) is 20.4 Å². The molecule has 0 fully saturated rings. The lowest BCUT2D eigenvalue weighted by Gasteiger charge is -2.12. The first kappa shape index (κ1) is 21.6. The number of Topliss-reactive ketones (excluding diaryl/α,β-unsaturated/α-hetero) is 1. The summed E-state index contributed by atoms with van der Waals surface area (Å²) in [4.78, 5) is 67.2. The van der Waals surface area contributed by atoms with E-state index >= 15 is 0 Å². The maximum absolute atomic E-state index is 12.8. The minimum absolute atomic E-state index is 0.00379. The monoisotopic (exact) mass is 446 g/mol. The highest BCUT2D eigenvalue weighted by Crippen LogP contribution is 2.29. The van der Waals surface area contributed by atoms with Gasteiger partial charge in [-0.3, -0.25) is 39.2 Å². The number of rotatable bonds is 6. The molecule has 166 valence electrons. The number of nitrogens with zero attached hydrogens (tertiary/aromatic N) is 2. The van der Waals surface area contributed by atoms with Crippen LogP contribution in [0.4, 0.5) is 5.88 Å². The van der Waals surface area contributed by atoms with Gasteiger partial charge in [0.15, 0.2) is 5.78 Å². The van der Waals surface area contributed by atoms with Gasteiger partial charge in [0.2, 0.25) is 5.88 Å². The summed E-state index contributed by atoms with van der Waals surface area (Å²) in [5, 5.41) is 2.41. The highest BCUT2D eigenvalue weighted by molar-refractivity contribution is 6.22. The van der Waals surface area contributed by atoms with Crippen molar-refractivity contribution in [3.63, 3.8) is 0 Å². The molecule has 0 bridgehead atoms. The Hall–Kier alpha value is -4.60. The van der Waals surface area contributed by atoms with Crippen molar-refractivity contribution in [1.29, 1.82) is 0 Å². The Labute approximate surface area is 187 Å². The van der Waals surface area contributed by atoms with Crippen molar-refractivity contribution in [2.24, 2.45) is 5.73 Å². The zero-order valence-electron chi connectivity index (χ0n) is 17.7. The van der Waals surface area contributed by atoms with Crippen LogP contribution in [0.5, 0.6) is 0 Å². The molecule has 4 rings (SSSR count). The molecule has 3 N–H and O–H groups in total. The lowest BCUT2D eigenvalue weighted by atomic mass is 10.0. The molecular formula is C23H18N4O6. The summed E-state index contributed by atoms with van der Waals surface area (Å²) in [7, 11) is 0. The average molecular weight is 446 g/mol. The number of ketones is 1. The van der Waals surface area contributed by atoms with Crippen LogP contribution in [-0.2, 0) is 6.54 Å². The van der Waals surface area contributed by atoms with E-state index < -0.39 is 29.4 Å². The molecule has 1 aliphatic heterocycles.